The minimum Gasteiger partial charge on any atom is -0.310 e. The molecule has 0 amide bonds. The summed E-state index contributed by atoms with van der Waals surface area (Å²) in [5.74, 6) is 0.776. The van der Waals surface area contributed by atoms with E-state index in [0.29, 0.717) is 6.54 Å². The monoisotopic (exact) mass is 143 g/mol. The Bertz CT molecular complexity index is 81.3. The zero-order valence-corrected chi connectivity index (χ0v) is 6.89. The van der Waals surface area contributed by atoms with Crippen LogP contribution in [-0.4, -0.2) is 19.4 Å². The molecule has 0 aromatic carbocycles. The molecule has 0 unspecified atom stereocenters. The van der Waals surface area contributed by atoms with Crippen LogP contribution < -0.4 is 5.32 Å². The highest BCUT2D eigenvalue weighted by Gasteiger charge is 1.91. The van der Waals surface area contributed by atoms with Crippen LogP contribution in [0.2, 0.25) is 0 Å². The molecular weight excluding hydrogens is 126 g/mol. The maximum atomic E-state index is 9.84. The van der Waals surface area contributed by atoms with Crippen molar-refractivity contribution in [3.05, 3.63) is 0 Å². The fraction of sp³-hybridized carbons (Fsp3) is 0.875. The van der Waals surface area contributed by atoms with Gasteiger partial charge in [-0.25, -0.2) is 0 Å². The first-order valence-corrected chi connectivity index (χ1v) is 3.91. The van der Waals surface area contributed by atoms with Crippen molar-refractivity contribution in [1.29, 1.82) is 0 Å². The van der Waals surface area contributed by atoms with E-state index in [1.54, 1.807) is 0 Å². The van der Waals surface area contributed by atoms with Crippen LogP contribution in [0, 0.1) is 5.92 Å². The van der Waals surface area contributed by atoms with Crippen molar-refractivity contribution in [3.8, 4) is 0 Å². The Morgan fingerprint density at radius 3 is 2.70 bits per heavy atom. The van der Waals surface area contributed by atoms with Gasteiger partial charge in [0.05, 0.1) is 6.54 Å². The van der Waals surface area contributed by atoms with Crippen LogP contribution >= 0.6 is 0 Å². The zero-order chi connectivity index (χ0) is 7.82. The van der Waals surface area contributed by atoms with Gasteiger partial charge in [-0.3, -0.25) is 0 Å². The maximum Gasteiger partial charge on any atom is 0.133 e. The molecule has 0 aliphatic rings. The molecule has 10 heavy (non-hydrogen) atoms. The van der Waals surface area contributed by atoms with Crippen molar-refractivity contribution in [2.45, 2.75) is 26.7 Å². The van der Waals surface area contributed by atoms with Gasteiger partial charge in [-0.15, -0.1) is 0 Å². The van der Waals surface area contributed by atoms with E-state index in [1.807, 2.05) is 0 Å². The lowest BCUT2D eigenvalue weighted by Gasteiger charge is -2.03. The summed E-state index contributed by atoms with van der Waals surface area (Å²) in [5, 5.41) is 3.02. The van der Waals surface area contributed by atoms with Crippen LogP contribution in [-0.2, 0) is 4.79 Å². The van der Waals surface area contributed by atoms with Gasteiger partial charge in [0.2, 0.25) is 0 Å². The standard InChI is InChI=1S/C8H17NO/c1-8(2)4-3-5-9-6-7-10/h7-9H,3-6H2,1-2H3. The minimum atomic E-state index is 0.498. The fourth-order valence-electron chi connectivity index (χ4n) is 0.796. The molecule has 0 radical (unpaired) electrons. The summed E-state index contributed by atoms with van der Waals surface area (Å²) in [7, 11) is 0. The van der Waals surface area contributed by atoms with Gasteiger partial charge in [-0.05, 0) is 25.3 Å². The molecule has 0 rings (SSSR count). The molecule has 0 atom stereocenters. The van der Waals surface area contributed by atoms with Crippen LogP contribution in [0.25, 0.3) is 0 Å². The van der Waals surface area contributed by atoms with E-state index in [0.717, 1.165) is 18.7 Å². The molecule has 0 fully saturated rings. The highest BCUT2D eigenvalue weighted by molar-refractivity contribution is 5.51. The van der Waals surface area contributed by atoms with Crippen LogP contribution in [0.3, 0.4) is 0 Å². The Balaban J connectivity index is 2.83. The molecule has 0 aromatic rings. The highest BCUT2D eigenvalue weighted by atomic mass is 16.1. The predicted molar refractivity (Wildman–Crippen MR) is 43.0 cm³/mol. The van der Waals surface area contributed by atoms with E-state index >= 15 is 0 Å². The van der Waals surface area contributed by atoms with Crippen LogP contribution in [0.4, 0.5) is 0 Å². The number of nitrogens with one attached hydrogen (secondary N) is 1. The van der Waals surface area contributed by atoms with Crippen molar-refractivity contribution in [1.82, 2.24) is 5.32 Å². The Morgan fingerprint density at radius 1 is 1.50 bits per heavy atom. The first-order valence-electron chi connectivity index (χ1n) is 3.91. The minimum absolute atomic E-state index is 0.498. The number of hydrogen-bond donors (Lipinski definition) is 1. The second kappa shape index (κ2) is 6.75. The van der Waals surface area contributed by atoms with Crippen LogP contribution in [0.1, 0.15) is 26.7 Å². The lowest BCUT2D eigenvalue weighted by molar-refractivity contribution is -0.107. The van der Waals surface area contributed by atoms with Crippen molar-refractivity contribution < 1.29 is 4.79 Å². The van der Waals surface area contributed by atoms with Crippen molar-refractivity contribution in [3.63, 3.8) is 0 Å². The Labute approximate surface area is 63.0 Å². The van der Waals surface area contributed by atoms with Gasteiger partial charge in [0.25, 0.3) is 0 Å². The second-order valence-corrected chi connectivity index (χ2v) is 2.91. The molecule has 0 aliphatic heterocycles. The van der Waals surface area contributed by atoms with Gasteiger partial charge in [0.1, 0.15) is 6.29 Å². The van der Waals surface area contributed by atoms with Gasteiger partial charge >= 0.3 is 0 Å². The Kier molecular flexibility index (Phi) is 6.50. The Morgan fingerprint density at radius 2 is 2.20 bits per heavy atom. The van der Waals surface area contributed by atoms with Crippen molar-refractivity contribution in [2.24, 2.45) is 5.92 Å². The first-order chi connectivity index (χ1) is 4.77. The summed E-state index contributed by atoms with van der Waals surface area (Å²) in [5.41, 5.74) is 0. The lowest BCUT2D eigenvalue weighted by Crippen LogP contribution is -2.17. The molecule has 0 spiro atoms. The Hall–Kier alpha value is -0.370. The molecule has 60 valence electrons. The number of carbonyl (C=O) groups excluding carboxylic acids is 1. The second-order valence-electron chi connectivity index (χ2n) is 2.91. The molecule has 1 N–H and O–H groups in total. The number of hydrogen-bond acceptors (Lipinski definition) is 2. The van der Waals surface area contributed by atoms with Crippen molar-refractivity contribution in [2.75, 3.05) is 13.1 Å². The molecule has 0 aliphatic carbocycles. The zero-order valence-electron chi connectivity index (χ0n) is 6.89. The summed E-state index contributed by atoms with van der Waals surface area (Å²) in [6, 6.07) is 0. The summed E-state index contributed by atoms with van der Waals surface area (Å²) in [4.78, 5) is 9.84. The average Bonchev–Trinajstić information content (AvgIpc) is 1.87. The quantitative estimate of drug-likeness (QED) is 0.447. The van der Waals surface area contributed by atoms with E-state index in [4.69, 9.17) is 0 Å². The normalized spacial score (nSPS) is 10.3. The lowest BCUT2D eigenvalue weighted by atomic mass is 10.1. The van der Waals surface area contributed by atoms with Gasteiger partial charge in [-0.1, -0.05) is 13.8 Å². The topological polar surface area (TPSA) is 29.1 Å². The van der Waals surface area contributed by atoms with E-state index in [2.05, 4.69) is 19.2 Å². The summed E-state index contributed by atoms with van der Waals surface area (Å²) in [6.45, 7) is 5.88. The number of aldehydes is 1. The molecular formula is C8H17NO. The van der Waals surface area contributed by atoms with Gasteiger partial charge in [0, 0.05) is 0 Å². The molecule has 0 saturated carbocycles. The smallest absolute Gasteiger partial charge is 0.133 e. The molecule has 0 saturated heterocycles. The number of rotatable bonds is 6. The molecule has 0 bridgehead atoms. The molecule has 0 heterocycles. The van der Waals surface area contributed by atoms with E-state index in [1.165, 1.54) is 12.8 Å². The maximum absolute atomic E-state index is 9.84. The third-order valence-electron chi connectivity index (χ3n) is 1.36. The SMILES string of the molecule is CC(C)CCCNCC=O. The van der Waals surface area contributed by atoms with E-state index < -0.39 is 0 Å². The van der Waals surface area contributed by atoms with Gasteiger partial charge in [-0.2, -0.15) is 0 Å². The highest BCUT2D eigenvalue weighted by Crippen LogP contribution is 2.01. The predicted octanol–water partition coefficient (Wildman–Crippen LogP) is 1.21. The third-order valence-corrected chi connectivity index (χ3v) is 1.36. The molecule has 2 nitrogen and oxygen atoms in total. The largest absolute Gasteiger partial charge is 0.310 e. The number of carbonyl (C=O) groups is 1. The average molecular weight is 143 g/mol. The summed E-state index contributed by atoms with van der Waals surface area (Å²) >= 11 is 0. The molecule has 2 heteroatoms. The summed E-state index contributed by atoms with van der Waals surface area (Å²) in [6.07, 6.45) is 3.31. The fourth-order valence-corrected chi connectivity index (χ4v) is 0.796. The van der Waals surface area contributed by atoms with E-state index in [-0.39, 0.29) is 0 Å². The van der Waals surface area contributed by atoms with Gasteiger partial charge in [0.15, 0.2) is 0 Å². The third kappa shape index (κ3) is 7.63. The summed E-state index contributed by atoms with van der Waals surface area (Å²) < 4.78 is 0. The van der Waals surface area contributed by atoms with Crippen molar-refractivity contribution >= 4 is 6.29 Å². The first kappa shape index (κ1) is 9.63. The van der Waals surface area contributed by atoms with Gasteiger partial charge < -0.3 is 10.1 Å². The van der Waals surface area contributed by atoms with E-state index in [9.17, 15) is 4.79 Å². The molecule has 0 aromatic heterocycles. The van der Waals surface area contributed by atoms with Crippen LogP contribution in [0.15, 0.2) is 0 Å². The van der Waals surface area contributed by atoms with Crippen LogP contribution in [0.5, 0.6) is 0 Å².